The topological polar surface area (TPSA) is 84.9 Å². The molecule has 7 heteroatoms. The van der Waals surface area contributed by atoms with Gasteiger partial charge < -0.3 is 19.9 Å². The Morgan fingerprint density at radius 2 is 1.95 bits per heavy atom. The van der Waals surface area contributed by atoms with Crippen LogP contribution in [0.4, 0.5) is 0 Å². The van der Waals surface area contributed by atoms with Crippen LogP contribution in [0.15, 0.2) is 18.2 Å². The van der Waals surface area contributed by atoms with Gasteiger partial charge >= 0.3 is 5.97 Å². The monoisotopic (exact) mass is 301 g/mol. The highest BCUT2D eigenvalue weighted by molar-refractivity contribution is 5.85. The van der Waals surface area contributed by atoms with Gasteiger partial charge in [0, 0.05) is 13.0 Å². The number of hydrogen-bond acceptors (Lipinski definition) is 4. The van der Waals surface area contributed by atoms with Crippen molar-refractivity contribution in [3.05, 3.63) is 23.8 Å². The lowest BCUT2D eigenvalue weighted by Gasteiger charge is -2.05. The summed E-state index contributed by atoms with van der Waals surface area (Å²) in [4.78, 5) is 21.6. The van der Waals surface area contributed by atoms with Gasteiger partial charge in [-0.05, 0) is 24.1 Å². The van der Waals surface area contributed by atoms with Crippen LogP contribution >= 0.6 is 12.4 Å². The molecule has 0 saturated heterocycles. The third-order valence-electron chi connectivity index (χ3n) is 2.74. The maximum absolute atomic E-state index is 11.3. The molecular weight excluding hydrogens is 286 g/mol. The van der Waals surface area contributed by atoms with Gasteiger partial charge in [0.1, 0.15) is 0 Å². The number of halogens is 1. The Balaban J connectivity index is 0.00000200. The molecule has 1 aliphatic heterocycles. The van der Waals surface area contributed by atoms with E-state index in [0.717, 1.165) is 17.1 Å². The van der Waals surface area contributed by atoms with Gasteiger partial charge in [0.2, 0.25) is 12.7 Å². The van der Waals surface area contributed by atoms with Crippen LogP contribution in [0.2, 0.25) is 0 Å². The SMILES string of the molecule is Cl.O=C(O)CCC(=O)NCCc1ccc2c(c1)OCO2. The van der Waals surface area contributed by atoms with Crippen molar-refractivity contribution in [2.75, 3.05) is 13.3 Å². The molecule has 1 aliphatic rings. The molecule has 1 aromatic rings. The summed E-state index contributed by atoms with van der Waals surface area (Å²) in [6.07, 6.45) is 0.530. The summed E-state index contributed by atoms with van der Waals surface area (Å²) in [5, 5.41) is 11.1. The van der Waals surface area contributed by atoms with Crippen molar-refractivity contribution >= 4 is 24.3 Å². The molecule has 1 heterocycles. The number of amides is 1. The first-order valence-corrected chi connectivity index (χ1v) is 6.02. The predicted octanol–water partition coefficient (Wildman–Crippen LogP) is 1.36. The average Bonchev–Trinajstić information content (AvgIpc) is 2.83. The summed E-state index contributed by atoms with van der Waals surface area (Å²) in [5.41, 5.74) is 1.03. The van der Waals surface area contributed by atoms with Crippen LogP contribution < -0.4 is 14.8 Å². The molecule has 0 unspecified atom stereocenters. The minimum atomic E-state index is -0.967. The molecule has 2 N–H and O–H groups in total. The third kappa shape index (κ3) is 4.62. The van der Waals surface area contributed by atoms with Crippen molar-refractivity contribution in [2.45, 2.75) is 19.3 Å². The van der Waals surface area contributed by atoms with E-state index >= 15 is 0 Å². The zero-order valence-corrected chi connectivity index (χ0v) is 11.6. The van der Waals surface area contributed by atoms with Crippen LogP contribution in [0, 0.1) is 0 Å². The highest BCUT2D eigenvalue weighted by Gasteiger charge is 2.13. The number of benzene rings is 1. The van der Waals surface area contributed by atoms with Crippen molar-refractivity contribution in [3.8, 4) is 11.5 Å². The maximum atomic E-state index is 11.3. The second-order valence-corrected chi connectivity index (χ2v) is 4.18. The number of hydrogen-bond donors (Lipinski definition) is 2. The van der Waals surface area contributed by atoms with Crippen LogP contribution in [-0.2, 0) is 16.0 Å². The highest BCUT2D eigenvalue weighted by atomic mass is 35.5. The molecule has 0 saturated carbocycles. The number of ether oxygens (including phenoxy) is 2. The smallest absolute Gasteiger partial charge is 0.303 e. The molecule has 0 atom stereocenters. The summed E-state index contributed by atoms with van der Waals surface area (Å²) in [6, 6.07) is 5.63. The summed E-state index contributed by atoms with van der Waals surface area (Å²) in [7, 11) is 0. The Hall–Kier alpha value is -1.95. The molecule has 20 heavy (non-hydrogen) atoms. The Bertz CT molecular complexity index is 492. The number of rotatable bonds is 6. The van der Waals surface area contributed by atoms with Crippen molar-refractivity contribution in [1.82, 2.24) is 5.32 Å². The van der Waals surface area contributed by atoms with Crippen LogP contribution in [0.5, 0.6) is 11.5 Å². The fourth-order valence-corrected chi connectivity index (χ4v) is 1.75. The van der Waals surface area contributed by atoms with Crippen LogP contribution in [0.25, 0.3) is 0 Å². The Labute approximate surface area is 122 Å². The number of carbonyl (C=O) groups excluding carboxylic acids is 1. The molecule has 6 nitrogen and oxygen atoms in total. The van der Waals surface area contributed by atoms with Gasteiger partial charge in [-0.3, -0.25) is 9.59 Å². The van der Waals surface area contributed by atoms with Crippen LogP contribution in [-0.4, -0.2) is 30.3 Å². The number of carboxylic acid groups (broad SMARTS) is 1. The molecule has 0 aromatic heterocycles. The maximum Gasteiger partial charge on any atom is 0.303 e. The first-order valence-electron chi connectivity index (χ1n) is 6.02. The number of aliphatic carboxylic acids is 1. The molecule has 0 radical (unpaired) electrons. The fourth-order valence-electron chi connectivity index (χ4n) is 1.75. The molecule has 0 fully saturated rings. The minimum absolute atomic E-state index is 0. The summed E-state index contributed by atoms with van der Waals surface area (Å²) in [6.45, 7) is 0.711. The van der Waals surface area contributed by atoms with E-state index in [2.05, 4.69) is 5.32 Å². The standard InChI is InChI=1S/C13H15NO5.ClH/c15-12(3-4-13(16)17)14-6-5-9-1-2-10-11(7-9)19-8-18-10;/h1-2,7H,3-6,8H2,(H,14,15)(H,16,17);1H. The van der Waals surface area contributed by atoms with E-state index in [0.29, 0.717) is 13.0 Å². The molecule has 0 bridgehead atoms. The molecule has 1 amide bonds. The zero-order valence-electron chi connectivity index (χ0n) is 10.8. The predicted molar refractivity (Wildman–Crippen MR) is 73.4 cm³/mol. The molecule has 2 rings (SSSR count). The van der Waals surface area contributed by atoms with Crippen LogP contribution in [0.1, 0.15) is 18.4 Å². The lowest BCUT2D eigenvalue weighted by molar-refractivity contribution is -0.138. The minimum Gasteiger partial charge on any atom is -0.481 e. The van der Waals surface area contributed by atoms with Gasteiger partial charge in [-0.1, -0.05) is 6.07 Å². The van der Waals surface area contributed by atoms with Gasteiger partial charge in [-0.2, -0.15) is 0 Å². The largest absolute Gasteiger partial charge is 0.481 e. The quantitative estimate of drug-likeness (QED) is 0.829. The average molecular weight is 302 g/mol. The molecular formula is C13H16ClNO5. The first kappa shape index (κ1) is 16.1. The van der Waals surface area contributed by atoms with Gasteiger partial charge in [0.15, 0.2) is 11.5 Å². The lowest BCUT2D eigenvalue weighted by atomic mass is 10.1. The summed E-state index contributed by atoms with van der Waals surface area (Å²) in [5.74, 6) is 0.234. The Morgan fingerprint density at radius 1 is 1.20 bits per heavy atom. The number of fused-ring (bicyclic) bond motifs is 1. The van der Waals surface area contributed by atoms with Gasteiger partial charge in [-0.15, -0.1) is 12.4 Å². The van der Waals surface area contributed by atoms with E-state index in [-0.39, 0.29) is 37.9 Å². The van der Waals surface area contributed by atoms with Gasteiger partial charge in [0.25, 0.3) is 0 Å². The van der Waals surface area contributed by atoms with E-state index < -0.39 is 5.97 Å². The van der Waals surface area contributed by atoms with Crippen molar-refractivity contribution < 1.29 is 24.2 Å². The second-order valence-electron chi connectivity index (χ2n) is 4.18. The summed E-state index contributed by atoms with van der Waals surface area (Å²) >= 11 is 0. The summed E-state index contributed by atoms with van der Waals surface area (Å²) < 4.78 is 10.5. The lowest BCUT2D eigenvalue weighted by Crippen LogP contribution is -2.25. The molecule has 110 valence electrons. The highest BCUT2D eigenvalue weighted by Crippen LogP contribution is 2.32. The van der Waals surface area contributed by atoms with E-state index in [4.69, 9.17) is 14.6 Å². The van der Waals surface area contributed by atoms with Crippen LogP contribution in [0.3, 0.4) is 0 Å². The van der Waals surface area contributed by atoms with Crippen molar-refractivity contribution in [2.24, 2.45) is 0 Å². The molecule has 1 aromatic carbocycles. The third-order valence-corrected chi connectivity index (χ3v) is 2.74. The van der Waals surface area contributed by atoms with E-state index in [9.17, 15) is 9.59 Å². The van der Waals surface area contributed by atoms with Gasteiger partial charge in [-0.25, -0.2) is 0 Å². The zero-order chi connectivity index (χ0) is 13.7. The second kappa shape index (κ2) is 7.59. The Morgan fingerprint density at radius 3 is 2.70 bits per heavy atom. The van der Waals surface area contributed by atoms with Gasteiger partial charge in [0.05, 0.1) is 6.42 Å². The van der Waals surface area contributed by atoms with E-state index in [1.165, 1.54) is 0 Å². The molecule has 0 spiro atoms. The first-order chi connectivity index (χ1) is 9.15. The number of nitrogens with one attached hydrogen (secondary N) is 1. The van der Waals surface area contributed by atoms with E-state index in [1.54, 1.807) is 0 Å². The number of carboxylic acids is 1. The molecule has 0 aliphatic carbocycles. The number of carbonyl (C=O) groups is 2. The van der Waals surface area contributed by atoms with Crippen molar-refractivity contribution in [3.63, 3.8) is 0 Å². The fraction of sp³-hybridized carbons (Fsp3) is 0.385. The van der Waals surface area contributed by atoms with E-state index in [1.807, 2.05) is 18.2 Å². The normalized spacial score (nSPS) is 11.6. The Kier molecular flexibility index (Phi) is 6.11. The van der Waals surface area contributed by atoms with Crippen molar-refractivity contribution in [1.29, 1.82) is 0 Å².